The van der Waals surface area contributed by atoms with E-state index in [1.54, 1.807) is 12.1 Å². The highest BCUT2D eigenvalue weighted by Crippen LogP contribution is 2.24. The van der Waals surface area contributed by atoms with Crippen molar-refractivity contribution < 1.29 is 14.6 Å². The number of hydrogen-bond acceptors (Lipinski definition) is 5. The molecule has 1 aromatic heterocycles. The molecule has 2 aromatic rings. The normalized spacial score (nSPS) is 10.6. The summed E-state index contributed by atoms with van der Waals surface area (Å²) < 4.78 is 7.45. The van der Waals surface area contributed by atoms with Crippen LogP contribution in [0.3, 0.4) is 0 Å². The zero-order valence-corrected chi connectivity index (χ0v) is 12.9. The van der Waals surface area contributed by atoms with Crippen LogP contribution in [0.1, 0.15) is 12.7 Å². The lowest BCUT2D eigenvalue weighted by molar-refractivity contribution is -0.133. The van der Waals surface area contributed by atoms with Crippen LogP contribution in [-0.2, 0) is 17.9 Å². The van der Waals surface area contributed by atoms with Gasteiger partial charge in [-0.15, -0.1) is 10.2 Å². The molecule has 0 atom stereocenters. The highest BCUT2D eigenvalue weighted by Gasteiger charge is 2.13. The molecule has 0 unspecified atom stereocenters. The number of carbonyl (C=O) groups is 1. The van der Waals surface area contributed by atoms with Gasteiger partial charge in [0, 0.05) is 6.54 Å². The van der Waals surface area contributed by atoms with E-state index in [1.165, 1.54) is 0 Å². The van der Waals surface area contributed by atoms with Gasteiger partial charge in [-0.05, 0) is 19.1 Å². The lowest BCUT2D eigenvalue weighted by atomic mass is 10.3. The Kier molecular flexibility index (Phi) is 5.46. The van der Waals surface area contributed by atoms with Crippen molar-refractivity contribution >= 4 is 29.3 Å². The third-order valence-electron chi connectivity index (χ3n) is 2.63. The zero-order chi connectivity index (χ0) is 15.2. The quantitative estimate of drug-likeness (QED) is 0.788. The molecule has 112 valence electrons. The first-order chi connectivity index (χ1) is 10.1. The topological polar surface area (TPSA) is 77.2 Å². The van der Waals surface area contributed by atoms with Gasteiger partial charge in [-0.1, -0.05) is 35.5 Å². The molecule has 0 spiro atoms. The standard InChI is InChI=1S/C13H14ClN3O3S/c1-2-17-11(15-16-13(17)21-8-12(18)19)7-20-10-6-4-3-5-9(10)14/h3-6H,2,7-8H2,1H3,(H,18,19). The Balaban J connectivity index is 2.06. The number of carboxylic acids is 1. The summed E-state index contributed by atoms with van der Waals surface area (Å²) in [5, 5.41) is 17.8. The average Bonchev–Trinajstić information content (AvgIpc) is 2.86. The Labute approximate surface area is 131 Å². The van der Waals surface area contributed by atoms with Crippen LogP contribution in [0.2, 0.25) is 5.02 Å². The largest absolute Gasteiger partial charge is 0.484 e. The predicted molar refractivity (Wildman–Crippen MR) is 79.8 cm³/mol. The van der Waals surface area contributed by atoms with Gasteiger partial charge in [-0.3, -0.25) is 4.79 Å². The summed E-state index contributed by atoms with van der Waals surface area (Å²) in [6, 6.07) is 7.18. The predicted octanol–water partition coefficient (Wildman–Crippen LogP) is 2.71. The van der Waals surface area contributed by atoms with E-state index in [1.807, 2.05) is 23.6 Å². The van der Waals surface area contributed by atoms with Gasteiger partial charge in [0.1, 0.15) is 12.4 Å². The Bertz CT molecular complexity index is 633. The number of benzene rings is 1. The third kappa shape index (κ3) is 4.12. The van der Waals surface area contributed by atoms with Gasteiger partial charge in [0.05, 0.1) is 10.8 Å². The van der Waals surface area contributed by atoms with Gasteiger partial charge in [-0.25, -0.2) is 0 Å². The Hall–Kier alpha value is -1.73. The lowest BCUT2D eigenvalue weighted by Gasteiger charge is -2.09. The summed E-state index contributed by atoms with van der Waals surface area (Å²) in [5.41, 5.74) is 0. The first-order valence-corrected chi connectivity index (χ1v) is 7.62. The summed E-state index contributed by atoms with van der Waals surface area (Å²) in [6.45, 7) is 2.79. The van der Waals surface area contributed by atoms with Crippen molar-refractivity contribution in [2.45, 2.75) is 25.2 Å². The third-order valence-corrected chi connectivity index (χ3v) is 3.89. The highest BCUT2D eigenvalue weighted by atomic mass is 35.5. The number of ether oxygens (including phenoxy) is 1. The maximum atomic E-state index is 10.6. The van der Waals surface area contributed by atoms with Crippen molar-refractivity contribution in [3.05, 3.63) is 35.1 Å². The molecule has 0 amide bonds. The molecule has 2 rings (SSSR count). The van der Waals surface area contributed by atoms with Crippen molar-refractivity contribution in [3.63, 3.8) is 0 Å². The second-order valence-electron chi connectivity index (χ2n) is 4.04. The molecule has 21 heavy (non-hydrogen) atoms. The van der Waals surface area contributed by atoms with Gasteiger partial charge in [-0.2, -0.15) is 0 Å². The number of para-hydroxylation sites is 1. The van der Waals surface area contributed by atoms with Crippen LogP contribution in [-0.4, -0.2) is 31.6 Å². The summed E-state index contributed by atoms with van der Waals surface area (Å²) in [4.78, 5) is 10.6. The molecule has 0 saturated carbocycles. The summed E-state index contributed by atoms with van der Waals surface area (Å²) >= 11 is 7.15. The smallest absolute Gasteiger partial charge is 0.313 e. The highest BCUT2D eigenvalue weighted by molar-refractivity contribution is 7.99. The number of halogens is 1. The van der Waals surface area contributed by atoms with E-state index >= 15 is 0 Å². The molecule has 0 saturated heterocycles. The molecule has 0 radical (unpaired) electrons. The van der Waals surface area contributed by atoms with Crippen molar-refractivity contribution in [1.82, 2.24) is 14.8 Å². The second-order valence-corrected chi connectivity index (χ2v) is 5.39. The minimum Gasteiger partial charge on any atom is -0.484 e. The number of rotatable bonds is 7. The van der Waals surface area contributed by atoms with E-state index in [0.717, 1.165) is 11.8 Å². The Morgan fingerprint density at radius 1 is 1.43 bits per heavy atom. The van der Waals surface area contributed by atoms with E-state index in [9.17, 15) is 4.79 Å². The molecule has 0 aliphatic rings. The summed E-state index contributed by atoms with van der Waals surface area (Å²) in [7, 11) is 0. The van der Waals surface area contributed by atoms with Gasteiger partial charge in [0.2, 0.25) is 0 Å². The average molecular weight is 328 g/mol. The molecular weight excluding hydrogens is 314 g/mol. The zero-order valence-electron chi connectivity index (χ0n) is 11.3. The summed E-state index contributed by atoms with van der Waals surface area (Å²) in [5.74, 6) is 0.262. The van der Waals surface area contributed by atoms with E-state index in [0.29, 0.717) is 28.3 Å². The fraction of sp³-hybridized carbons (Fsp3) is 0.308. The van der Waals surface area contributed by atoms with Gasteiger partial charge in [0.25, 0.3) is 0 Å². The van der Waals surface area contributed by atoms with Crippen LogP contribution in [0.25, 0.3) is 0 Å². The first kappa shape index (κ1) is 15.7. The fourth-order valence-corrected chi connectivity index (χ4v) is 2.61. The Morgan fingerprint density at radius 3 is 2.86 bits per heavy atom. The number of aromatic nitrogens is 3. The van der Waals surface area contributed by atoms with E-state index < -0.39 is 5.97 Å². The first-order valence-electron chi connectivity index (χ1n) is 6.25. The molecule has 6 nitrogen and oxygen atoms in total. The fourth-order valence-electron chi connectivity index (χ4n) is 1.68. The minimum atomic E-state index is -0.889. The molecule has 0 bridgehead atoms. The van der Waals surface area contributed by atoms with Crippen LogP contribution in [0.5, 0.6) is 5.75 Å². The molecule has 8 heteroatoms. The maximum absolute atomic E-state index is 10.6. The van der Waals surface area contributed by atoms with Gasteiger partial charge in [0.15, 0.2) is 11.0 Å². The Morgan fingerprint density at radius 2 is 2.19 bits per heavy atom. The van der Waals surface area contributed by atoms with Crippen molar-refractivity contribution in [2.75, 3.05) is 5.75 Å². The van der Waals surface area contributed by atoms with E-state index in [2.05, 4.69) is 10.2 Å². The number of hydrogen-bond donors (Lipinski definition) is 1. The van der Waals surface area contributed by atoms with Crippen LogP contribution in [0, 0.1) is 0 Å². The number of nitrogens with zero attached hydrogens (tertiary/aromatic N) is 3. The lowest BCUT2D eigenvalue weighted by Crippen LogP contribution is -2.08. The monoisotopic (exact) mass is 327 g/mol. The maximum Gasteiger partial charge on any atom is 0.313 e. The molecule has 1 aromatic carbocycles. The van der Waals surface area contributed by atoms with Crippen LogP contribution < -0.4 is 4.74 Å². The molecular formula is C13H14ClN3O3S. The molecule has 0 aliphatic carbocycles. The van der Waals surface area contributed by atoms with Crippen LogP contribution in [0.4, 0.5) is 0 Å². The van der Waals surface area contributed by atoms with Crippen LogP contribution >= 0.6 is 23.4 Å². The second kappa shape index (κ2) is 7.33. The summed E-state index contributed by atoms with van der Waals surface area (Å²) in [6.07, 6.45) is 0. The molecule has 0 fully saturated rings. The van der Waals surface area contributed by atoms with Gasteiger partial charge < -0.3 is 14.4 Å². The minimum absolute atomic E-state index is 0.0521. The molecule has 1 N–H and O–H groups in total. The number of carboxylic acid groups (broad SMARTS) is 1. The van der Waals surface area contributed by atoms with Gasteiger partial charge >= 0.3 is 5.97 Å². The van der Waals surface area contributed by atoms with Crippen molar-refractivity contribution in [1.29, 1.82) is 0 Å². The van der Waals surface area contributed by atoms with Crippen molar-refractivity contribution in [3.8, 4) is 5.75 Å². The number of thioether (sulfide) groups is 1. The SMILES string of the molecule is CCn1c(COc2ccccc2Cl)nnc1SCC(=O)O. The van der Waals surface area contributed by atoms with Crippen LogP contribution in [0.15, 0.2) is 29.4 Å². The van der Waals surface area contributed by atoms with E-state index in [4.69, 9.17) is 21.4 Å². The number of aliphatic carboxylic acids is 1. The van der Waals surface area contributed by atoms with Crippen molar-refractivity contribution in [2.24, 2.45) is 0 Å². The molecule has 1 heterocycles. The van der Waals surface area contributed by atoms with E-state index in [-0.39, 0.29) is 12.4 Å². The molecule has 0 aliphatic heterocycles.